The van der Waals surface area contributed by atoms with Crippen LogP contribution in [0.25, 0.3) is 0 Å². The van der Waals surface area contributed by atoms with E-state index >= 15 is 0 Å². The van der Waals surface area contributed by atoms with Crippen molar-refractivity contribution in [2.75, 3.05) is 37.7 Å². The smallest absolute Gasteiger partial charge is 0.210 e. The highest BCUT2D eigenvalue weighted by molar-refractivity contribution is 6.00. The first-order valence-electron chi connectivity index (χ1n) is 11.6. The van der Waals surface area contributed by atoms with Gasteiger partial charge >= 0.3 is 0 Å². The number of hydrogen-bond donors (Lipinski definition) is 0. The van der Waals surface area contributed by atoms with E-state index in [1.807, 2.05) is 12.3 Å². The molecule has 4 heterocycles. The minimum absolute atomic E-state index is 0.287. The van der Waals surface area contributed by atoms with Crippen molar-refractivity contribution < 1.29 is 4.74 Å². The van der Waals surface area contributed by atoms with Crippen LogP contribution in [0.5, 0.6) is 0 Å². The summed E-state index contributed by atoms with van der Waals surface area (Å²) < 4.78 is 5.88. The molecule has 5 rings (SSSR count). The van der Waals surface area contributed by atoms with E-state index in [0.717, 1.165) is 49.7 Å². The molecule has 8 heteroatoms. The van der Waals surface area contributed by atoms with Gasteiger partial charge in [-0.1, -0.05) is 19.9 Å². The minimum Gasteiger partial charge on any atom is -0.353 e. The highest BCUT2D eigenvalue weighted by atomic mass is 16.6. The van der Waals surface area contributed by atoms with Crippen LogP contribution in [0.2, 0.25) is 0 Å². The molecule has 0 aromatic carbocycles. The van der Waals surface area contributed by atoms with Gasteiger partial charge in [0.1, 0.15) is 12.4 Å². The van der Waals surface area contributed by atoms with Crippen LogP contribution in [-0.2, 0) is 10.5 Å². The zero-order valence-corrected chi connectivity index (χ0v) is 18.8. The number of aliphatic imine (C=N–C) groups is 1. The lowest BCUT2D eigenvalue weighted by atomic mass is 9.91. The van der Waals surface area contributed by atoms with Crippen molar-refractivity contribution in [2.45, 2.75) is 38.5 Å². The summed E-state index contributed by atoms with van der Waals surface area (Å²) in [5, 5.41) is 7.95. The lowest BCUT2D eigenvalue weighted by molar-refractivity contribution is 0.210. The van der Waals surface area contributed by atoms with E-state index in [4.69, 9.17) is 9.73 Å². The molecule has 0 amide bonds. The van der Waals surface area contributed by atoms with Crippen LogP contribution in [0.1, 0.15) is 32.3 Å². The van der Waals surface area contributed by atoms with E-state index in [-0.39, 0.29) is 6.04 Å². The zero-order chi connectivity index (χ0) is 22.0. The number of ether oxygens (including phenoxy) is 1. The monoisotopic (exact) mass is 433 g/mol. The number of piperazine rings is 1. The van der Waals surface area contributed by atoms with Crippen molar-refractivity contribution in [3.63, 3.8) is 0 Å². The van der Waals surface area contributed by atoms with Crippen molar-refractivity contribution in [3.8, 4) is 0 Å². The molecule has 2 aromatic rings. The van der Waals surface area contributed by atoms with Crippen LogP contribution in [0.15, 0.2) is 54.2 Å². The molecule has 3 aliphatic rings. The predicted molar refractivity (Wildman–Crippen MR) is 123 cm³/mol. The number of aromatic nitrogens is 4. The quantitative estimate of drug-likeness (QED) is 0.671. The van der Waals surface area contributed by atoms with Crippen LogP contribution >= 0.6 is 0 Å². The number of epoxide rings is 1. The first-order valence-corrected chi connectivity index (χ1v) is 11.6. The second-order valence-electron chi connectivity index (χ2n) is 9.19. The van der Waals surface area contributed by atoms with Gasteiger partial charge in [0, 0.05) is 44.1 Å². The van der Waals surface area contributed by atoms with Gasteiger partial charge in [-0.2, -0.15) is 10.2 Å². The number of allylic oxidation sites excluding steroid dienone is 1. The van der Waals surface area contributed by atoms with Crippen molar-refractivity contribution in [3.05, 3.63) is 54.8 Å². The average molecular weight is 434 g/mol. The van der Waals surface area contributed by atoms with E-state index in [2.05, 4.69) is 56.0 Å². The SMILES string of the molecule is CC(C)C1C=CC(=NC2(c3ccnnc3)CO2)C(N2CCN(c3cnccn3)CC2)CC1. The molecule has 3 atom stereocenters. The largest absolute Gasteiger partial charge is 0.353 e. The fourth-order valence-corrected chi connectivity index (χ4v) is 4.78. The topological polar surface area (TPSA) is 82.9 Å². The molecule has 8 nitrogen and oxygen atoms in total. The fourth-order valence-electron chi connectivity index (χ4n) is 4.78. The van der Waals surface area contributed by atoms with Crippen molar-refractivity contribution >= 4 is 11.5 Å². The molecule has 168 valence electrons. The molecular formula is C24H31N7O. The Hall–Kier alpha value is -2.71. The Morgan fingerprint density at radius 2 is 1.91 bits per heavy atom. The summed E-state index contributed by atoms with van der Waals surface area (Å²) >= 11 is 0. The van der Waals surface area contributed by atoms with Gasteiger partial charge in [0.15, 0.2) is 0 Å². The Bertz CT molecular complexity index is 951. The Morgan fingerprint density at radius 3 is 2.56 bits per heavy atom. The van der Waals surface area contributed by atoms with E-state index < -0.39 is 5.72 Å². The van der Waals surface area contributed by atoms with Crippen LogP contribution in [0, 0.1) is 11.8 Å². The average Bonchev–Trinajstić information content (AvgIpc) is 3.65. The molecule has 0 saturated carbocycles. The van der Waals surface area contributed by atoms with Crippen LogP contribution in [-0.4, -0.2) is 69.6 Å². The summed E-state index contributed by atoms with van der Waals surface area (Å²) in [6, 6.07) is 2.24. The van der Waals surface area contributed by atoms with Crippen LogP contribution in [0.4, 0.5) is 5.82 Å². The first kappa shape index (κ1) is 21.2. The molecule has 2 aromatic heterocycles. The molecule has 3 unspecified atom stereocenters. The minimum atomic E-state index is -0.604. The third-order valence-corrected chi connectivity index (χ3v) is 6.88. The molecule has 0 bridgehead atoms. The Kier molecular flexibility index (Phi) is 5.97. The van der Waals surface area contributed by atoms with E-state index in [1.54, 1.807) is 24.8 Å². The fraction of sp³-hybridized carbons (Fsp3) is 0.542. The van der Waals surface area contributed by atoms with Crippen LogP contribution < -0.4 is 4.90 Å². The highest BCUT2D eigenvalue weighted by Gasteiger charge is 2.48. The summed E-state index contributed by atoms with van der Waals surface area (Å²) in [5.41, 5.74) is 1.49. The molecule has 2 fully saturated rings. The summed E-state index contributed by atoms with van der Waals surface area (Å²) in [6.07, 6.45) is 15.7. The number of anilines is 1. The molecular weight excluding hydrogens is 402 g/mol. The lowest BCUT2D eigenvalue weighted by Crippen LogP contribution is -2.52. The van der Waals surface area contributed by atoms with E-state index in [0.29, 0.717) is 18.4 Å². The Morgan fingerprint density at radius 1 is 1.06 bits per heavy atom. The van der Waals surface area contributed by atoms with Crippen molar-refractivity contribution in [2.24, 2.45) is 16.8 Å². The second-order valence-corrected chi connectivity index (χ2v) is 9.19. The van der Waals surface area contributed by atoms with Gasteiger partial charge in [0.05, 0.1) is 30.3 Å². The standard InChI is InChI=1S/C24H31N7O/c1-18(2)19-3-5-21(29-24(17-32-24)20-7-8-27-28-15-20)22(6-4-19)30-11-13-31(14-12-30)23-16-25-9-10-26-23/h3,5,7-10,15-16,18-19,22H,4,6,11-14,17H2,1-2H3. The summed E-state index contributed by atoms with van der Waals surface area (Å²) in [4.78, 5) is 18.8. The first-order chi connectivity index (χ1) is 15.6. The van der Waals surface area contributed by atoms with Gasteiger partial charge in [-0.25, -0.2) is 9.98 Å². The van der Waals surface area contributed by atoms with Gasteiger partial charge in [0.2, 0.25) is 5.72 Å². The van der Waals surface area contributed by atoms with Crippen LogP contribution in [0.3, 0.4) is 0 Å². The Balaban J connectivity index is 1.38. The zero-order valence-electron chi connectivity index (χ0n) is 18.8. The maximum absolute atomic E-state index is 5.88. The lowest BCUT2D eigenvalue weighted by Gasteiger charge is -2.39. The summed E-state index contributed by atoms with van der Waals surface area (Å²) in [7, 11) is 0. The molecule has 0 radical (unpaired) electrons. The maximum Gasteiger partial charge on any atom is 0.210 e. The third-order valence-electron chi connectivity index (χ3n) is 6.88. The maximum atomic E-state index is 5.88. The van der Waals surface area contributed by atoms with E-state index in [1.165, 1.54) is 6.42 Å². The molecule has 2 aliphatic heterocycles. The molecule has 32 heavy (non-hydrogen) atoms. The summed E-state index contributed by atoms with van der Waals surface area (Å²) in [6.45, 7) is 9.04. The third kappa shape index (κ3) is 4.42. The van der Waals surface area contributed by atoms with Crippen molar-refractivity contribution in [1.82, 2.24) is 25.1 Å². The van der Waals surface area contributed by atoms with E-state index in [9.17, 15) is 0 Å². The number of rotatable bonds is 5. The molecule has 0 spiro atoms. The molecule has 0 N–H and O–H groups in total. The summed E-state index contributed by atoms with van der Waals surface area (Å²) in [5.74, 6) is 2.15. The van der Waals surface area contributed by atoms with Gasteiger partial charge < -0.3 is 9.64 Å². The highest BCUT2D eigenvalue weighted by Crippen LogP contribution is 2.41. The van der Waals surface area contributed by atoms with Gasteiger partial charge in [0.25, 0.3) is 0 Å². The number of nitrogens with zero attached hydrogens (tertiary/aromatic N) is 7. The van der Waals surface area contributed by atoms with Gasteiger partial charge in [-0.05, 0) is 36.8 Å². The second kappa shape index (κ2) is 9.03. The van der Waals surface area contributed by atoms with Gasteiger partial charge in [-0.15, -0.1) is 0 Å². The van der Waals surface area contributed by atoms with Crippen molar-refractivity contribution in [1.29, 1.82) is 0 Å². The molecule has 1 aliphatic carbocycles. The number of hydrogen-bond acceptors (Lipinski definition) is 8. The normalized spacial score (nSPS) is 30.0. The Labute approximate surface area is 189 Å². The van der Waals surface area contributed by atoms with Gasteiger partial charge in [-0.3, -0.25) is 9.88 Å². The predicted octanol–water partition coefficient (Wildman–Crippen LogP) is 2.70. The molecule has 2 saturated heterocycles.